The second-order valence-electron chi connectivity index (χ2n) is 4.60. The van der Waals surface area contributed by atoms with E-state index in [2.05, 4.69) is 31.2 Å². The lowest BCUT2D eigenvalue weighted by Gasteiger charge is -2.07. The number of hydrogen-bond donors (Lipinski definition) is 0. The monoisotopic (exact) mass is 276 g/mol. The van der Waals surface area contributed by atoms with Crippen LogP contribution in [0.1, 0.15) is 12.5 Å². The molecule has 1 heterocycles. The van der Waals surface area contributed by atoms with Crippen LogP contribution in [-0.4, -0.2) is 6.61 Å². The molecule has 0 bridgehead atoms. The van der Waals surface area contributed by atoms with Gasteiger partial charge in [-0.2, -0.15) is 0 Å². The molecule has 0 spiro atoms. The van der Waals surface area contributed by atoms with Gasteiger partial charge in [-0.05, 0) is 48.9 Å². The number of ether oxygens (including phenoxy) is 1. The van der Waals surface area contributed by atoms with Gasteiger partial charge in [-0.3, -0.25) is 0 Å². The van der Waals surface area contributed by atoms with Crippen molar-refractivity contribution in [2.75, 3.05) is 6.61 Å². The van der Waals surface area contributed by atoms with Crippen LogP contribution in [-0.2, 0) is 10.3 Å². The summed E-state index contributed by atoms with van der Waals surface area (Å²) in [6.45, 7) is 2.95. The summed E-state index contributed by atoms with van der Waals surface area (Å²) in [4.78, 5) is 2.42. The van der Waals surface area contributed by atoms with Gasteiger partial charge in [0.25, 0.3) is 0 Å². The number of rotatable bonds is 3. The van der Waals surface area contributed by atoms with Gasteiger partial charge in [0.1, 0.15) is 5.60 Å². The summed E-state index contributed by atoms with van der Waals surface area (Å²) in [6.07, 6.45) is 0. The molecule has 18 heavy (non-hydrogen) atoms. The van der Waals surface area contributed by atoms with Crippen molar-refractivity contribution in [3.63, 3.8) is 0 Å². The molecule has 0 aromatic heterocycles. The molecule has 1 atom stereocenters. The Labute approximate surface area is 116 Å². The van der Waals surface area contributed by atoms with Crippen LogP contribution in [0.3, 0.4) is 0 Å². The largest absolute Gasteiger partial charge is 0.365 e. The molecule has 0 N–H and O–H groups in total. The number of epoxide rings is 1. The SMILES string of the molecule is C[C@]1(c2ccc(Sc3ccc(Cl)cc3)cc2)CO1. The first-order valence-corrected chi connectivity index (χ1v) is 7.03. The molecule has 1 aliphatic heterocycles. The Balaban J connectivity index is 1.75. The molecule has 1 nitrogen and oxygen atoms in total. The van der Waals surface area contributed by atoms with E-state index in [1.807, 2.05) is 24.3 Å². The van der Waals surface area contributed by atoms with Crippen molar-refractivity contribution in [2.45, 2.75) is 22.3 Å². The van der Waals surface area contributed by atoms with E-state index in [0.29, 0.717) is 0 Å². The Morgan fingerprint density at radius 1 is 1.00 bits per heavy atom. The first kappa shape index (κ1) is 12.1. The summed E-state index contributed by atoms with van der Waals surface area (Å²) in [5.74, 6) is 0. The summed E-state index contributed by atoms with van der Waals surface area (Å²) in [5.41, 5.74) is 1.21. The summed E-state index contributed by atoms with van der Waals surface area (Å²) >= 11 is 7.61. The van der Waals surface area contributed by atoms with E-state index >= 15 is 0 Å². The lowest BCUT2D eigenvalue weighted by molar-refractivity contribution is 0.329. The van der Waals surface area contributed by atoms with Crippen LogP contribution in [0.5, 0.6) is 0 Å². The predicted octanol–water partition coefficient (Wildman–Crippen LogP) is 4.74. The van der Waals surface area contributed by atoms with Gasteiger partial charge in [-0.1, -0.05) is 35.5 Å². The zero-order chi connectivity index (χ0) is 12.6. The van der Waals surface area contributed by atoms with Crippen LogP contribution in [0, 0.1) is 0 Å². The molecule has 0 unspecified atom stereocenters. The minimum atomic E-state index is -0.0382. The van der Waals surface area contributed by atoms with Crippen LogP contribution < -0.4 is 0 Å². The van der Waals surface area contributed by atoms with Gasteiger partial charge in [0.2, 0.25) is 0 Å². The molecule has 0 saturated carbocycles. The third-order valence-corrected chi connectivity index (χ3v) is 4.36. The molecule has 0 amide bonds. The zero-order valence-corrected chi connectivity index (χ0v) is 11.6. The highest BCUT2D eigenvalue weighted by atomic mass is 35.5. The molecular formula is C15H13ClOS. The van der Waals surface area contributed by atoms with Crippen molar-refractivity contribution in [1.29, 1.82) is 0 Å². The molecule has 1 fully saturated rings. The average molecular weight is 277 g/mol. The molecule has 3 heteroatoms. The molecule has 92 valence electrons. The Bertz CT molecular complexity index is 544. The van der Waals surface area contributed by atoms with Crippen molar-refractivity contribution >= 4 is 23.4 Å². The maximum absolute atomic E-state index is 5.87. The van der Waals surface area contributed by atoms with Crippen molar-refractivity contribution in [1.82, 2.24) is 0 Å². The van der Waals surface area contributed by atoms with Crippen molar-refractivity contribution in [3.05, 3.63) is 59.1 Å². The van der Waals surface area contributed by atoms with Gasteiger partial charge < -0.3 is 4.74 Å². The Hall–Kier alpha value is -0.960. The van der Waals surface area contributed by atoms with E-state index in [9.17, 15) is 0 Å². The van der Waals surface area contributed by atoms with Gasteiger partial charge in [-0.15, -0.1) is 0 Å². The van der Waals surface area contributed by atoms with E-state index in [-0.39, 0.29) is 5.60 Å². The second-order valence-corrected chi connectivity index (χ2v) is 6.18. The predicted molar refractivity (Wildman–Crippen MR) is 75.3 cm³/mol. The van der Waals surface area contributed by atoms with E-state index in [1.54, 1.807) is 11.8 Å². The highest BCUT2D eigenvalue weighted by Crippen LogP contribution is 2.39. The molecule has 0 radical (unpaired) electrons. The number of hydrogen-bond acceptors (Lipinski definition) is 2. The lowest BCUT2D eigenvalue weighted by atomic mass is 10.0. The fourth-order valence-corrected chi connectivity index (χ4v) is 2.73. The Morgan fingerprint density at radius 2 is 1.50 bits per heavy atom. The molecular weight excluding hydrogens is 264 g/mol. The maximum atomic E-state index is 5.87. The van der Waals surface area contributed by atoms with Crippen LogP contribution >= 0.6 is 23.4 Å². The van der Waals surface area contributed by atoms with Crippen molar-refractivity contribution in [3.8, 4) is 0 Å². The van der Waals surface area contributed by atoms with Crippen molar-refractivity contribution < 1.29 is 4.74 Å². The third-order valence-electron chi connectivity index (χ3n) is 3.09. The first-order chi connectivity index (χ1) is 8.66. The quantitative estimate of drug-likeness (QED) is 0.751. The van der Waals surface area contributed by atoms with E-state index in [4.69, 9.17) is 16.3 Å². The zero-order valence-electron chi connectivity index (χ0n) is 10.0. The van der Waals surface area contributed by atoms with E-state index in [0.717, 1.165) is 11.6 Å². The van der Waals surface area contributed by atoms with Gasteiger partial charge in [0.05, 0.1) is 6.61 Å². The first-order valence-electron chi connectivity index (χ1n) is 5.84. The van der Waals surface area contributed by atoms with Gasteiger partial charge in [0.15, 0.2) is 0 Å². The molecule has 1 saturated heterocycles. The standard InChI is InChI=1S/C15H13ClOS/c1-15(10-17-15)11-2-6-13(7-3-11)18-14-8-4-12(16)5-9-14/h2-9H,10H2,1H3/t15-/m1/s1. The number of benzene rings is 2. The highest BCUT2D eigenvalue weighted by Gasteiger charge is 2.40. The van der Waals surface area contributed by atoms with Gasteiger partial charge in [-0.25, -0.2) is 0 Å². The Kier molecular flexibility index (Phi) is 3.10. The van der Waals surface area contributed by atoms with E-state index < -0.39 is 0 Å². The van der Waals surface area contributed by atoms with Crippen LogP contribution in [0.2, 0.25) is 5.02 Å². The van der Waals surface area contributed by atoms with Crippen LogP contribution in [0.15, 0.2) is 58.3 Å². The fraction of sp³-hybridized carbons (Fsp3) is 0.200. The number of halogens is 1. The molecule has 2 aromatic rings. The molecule has 2 aromatic carbocycles. The molecule has 3 rings (SSSR count). The lowest BCUT2D eigenvalue weighted by Crippen LogP contribution is -2.00. The van der Waals surface area contributed by atoms with E-state index in [1.165, 1.54) is 15.4 Å². The third kappa shape index (κ3) is 2.56. The molecule has 1 aliphatic rings. The summed E-state index contributed by atoms with van der Waals surface area (Å²) < 4.78 is 5.43. The molecule has 0 aliphatic carbocycles. The Morgan fingerprint density at radius 3 is 2.00 bits per heavy atom. The topological polar surface area (TPSA) is 12.5 Å². The highest BCUT2D eigenvalue weighted by molar-refractivity contribution is 7.99. The summed E-state index contributed by atoms with van der Waals surface area (Å²) in [7, 11) is 0. The van der Waals surface area contributed by atoms with Crippen LogP contribution in [0.4, 0.5) is 0 Å². The average Bonchev–Trinajstić information content (AvgIpc) is 3.12. The fourth-order valence-electron chi connectivity index (χ4n) is 1.79. The second kappa shape index (κ2) is 4.61. The van der Waals surface area contributed by atoms with Crippen molar-refractivity contribution in [2.24, 2.45) is 0 Å². The summed E-state index contributed by atoms with van der Waals surface area (Å²) in [5, 5.41) is 0.772. The minimum absolute atomic E-state index is 0.0382. The smallest absolute Gasteiger partial charge is 0.114 e. The maximum Gasteiger partial charge on any atom is 0.114 e. The summed E-state index contributed by atoms with van der Waals surface area (Å²) in [6, 6.07) is 16.5. The van der Waals surface area contributed by atoms with Crippen LogP contribution in [0.25, 0.3) is 0 Å². The van der Waals surface area contributed by atoms with Gasteiger partial charge >= 0.3 is 0 Å². The minimum Gasteiger partial charge on any atom is -0.365 e. The van der Waals surface area contributed by atoms with Gasteiger partial charge in [0, 0.05) is 14.8 Å². The normalized spacial score (nSPS) is 21.9.